The molecule has 4 nitrogen and oxygen atoms in total. The smallest absolute Gasteiger partial charge is 0.213 e. The van der Waals surface area contributed by atoms with Crippen molar-refractivity contribution in [3.63, 3.8) is 0 Å². The highest BCUT2D eigenvalue weighted by Gasteiger charge is 2.19. The molecule has 0 N–H and O–H groups in total. The average Bonchev–Trinajstić information content (AvgIpc) is 2.89. The van der Waals surface area contributed by atoms with Crippen LogP contribution in [0.5, 0.6) is 0 Å². The summed E-state index contributed by atoms with van der Waals surface area (Å²) >= 11 is 0. The van der Waals surface area contributed by atoms with Crippen LogP contribution in [0.4, 0.5) is 4.39 Å². The number of aromatic nitrogens is 3. The van der Waals surface area contributed by atoms with E-state index >= 15 is 0 Å². The van der Waals surface area contributed by atoms with Crippen molar-refractivity contribution in [3.05, 3.63) is 72.1 Å². The zero-order valence-corrected chi connectivity index (χ0v) is 11.3. The Bertz CT molecular complexity index is 796. The maximum Gasteiger partial charge on any atom is 0.213 e. The van der Waals surface area contributed by atoms with E-state index in [0.717, 1.165) is 5.56 Å². The predicted octanol–water partition coefficient (Wildman–Crippen LogP) is 2.85. The van der Waals surface area contributed by atoms with E-state index in [2.05, 4.69) is 10.1 Å². The van der Waals surface area contributed by atoms with Crippen LogP contribution in [0.3, 0.4) is 0 Å². The maximum absolute atomic E-state index is 13.3. The van der Waals surface area contributed by atoms with Crippen LogP contribution >= 0.6 is 0 Å². The van der Waals surface area contributed by atoms with E-state index in [0.29, 0.717) is 11.3 Å². The normalized spacial score (nSPS) is 10.6. The first-order valence-electron chi connectivity index (χ1n) is 6.39. The third-order valence-electron chi connectivity index (χ3n) is 3.12. The second-order valence-corrected chi connectivity index (χ2v) is 4.64. The Morgan fingerprint density at radius 1 is 1.19 bits per heavy atom. The summed E-state index contributed by atoms with van der Waals surface area (Å²) in [5.41, 5.74) is 2.13. The van der Waals surface area contributed by atoms with Crippen LogP contribution in [0.2, 0.25) is 0 Å². The van der Waals surface area contributed by atoms with Crippen LogP contribution in [0, 0.1) is 5.82 Å². The highest BCUT2D eigenvalue weighted by atomic mass is 19.1. The first-order chi connectivity index (χ1) is 10.1. The first kappa shape index (κ1) is 13.2. The number of rotatable bonds is 3. The number of hydrogen-bond acceptors (Lipinski definition) is 3. The lowest BCUT2D eigenvalue weighted by Crippen LogP contribution is -2.05. The molecule has 3 aromatic rings. The molecule has 3 rings (SSSR count). The molecule has 0 spiro atoms. The number of aryl methyl sites for hydroxylation is 1. The summed E-state index contributed by atoms with van der Waals surface area (Å²) in [7, 11) is 1.74. The van der Waals surface area contributed by atoms with Crippen LogP contribution in [-0.2, 0) is 7.05 Å². The van der Waals surface area contributed by atoms with Gasteiger partial charge in [0.25, 0.3) is 0 Å². The lowest BCUT2D eigenvalue weighted by molar-refractivity contribution is 0.103. The molecule has 0 fully saturated rings. The minimum Gasteiger partial charge on any atom is -0.287 e. The summed E-state index contributed by atoms with van der Waals surface area (Å²) in [6.45, 7) is 0. The number of carbonyl (C=O) groups is 1. The fourth-order valence-corrected chi connectivity index (χ4v) is 2.17. The molecule has 2 heterocycles. The van der Waals surface area contributed by atoms with Gasteiger partial charge in [0.2, 0.25) is 5.78 Å². The van der Waals surface area contributed by atoms with Gasteiger partial charge in [0.05, 0.1) is 0 Å². The predicted molar refractivity (Wildman–Crippen MR) is 76.3 cm³/mol. The summed E-state index contributed by atoms with van der Waals surface area (Å²) in [6.07, 6.45) is 5.07. The van der Waals surface area contributed by atoms with Gasteiger partial charge in [0, 0.05) is 36.8 Å². The molecule has 21 heavy (non-hydrogen) atoms. The molecule has 0 saturated heterocycles. The summed E-state index contributed by atoms with van der Waals surface area (Å²) in [5, 5.41) is 4.22. The average molecular weight is 281 g/mol. The minimum absolute atomic E-state index is 0.281. The highest BCUT2D eigenvalue weighted by Crippen LogP contribution is 2.24. The highest BCUT2D eigenvalue weighted by molar-refractivity contribution is 6.11. The van der Waals surface area contributed by atoms with Gasteiger partial charge in [-0.15, -0.1) is 0 Å². The largest absolute Gasteiger partial charge is 0.287 e. The molecule has 0 radical (unpaired) electrons. The Kier molecular flexibility index (Phi) is 3.31. The Morgan fingerprint density at radius 3 is 2.67 bits per heavy atom. The third kappa shape index (κ3) is 2.58. The summed E-state index contributed by atoms with van der Waals surface area (Å²) < 4.78 is 14.9. The molecule has 0 aliphatic rings. The summed E-state index contributed by atoms with van der Waals surface area (Å²) in [4.78, 5) is 16.5. The third-order valence-corrected chi connectivity index (χ3v) is 3.12. The molecule has 0 aliphatic carbocycles. The molecule has 2 aromatic heterocycles. The number of halogens is 1. The molecule has 0 amide bonds. The Balaban J connectivity index is 2.09. The lowest BCUT2D eigenvalue weighted by atomic mass is 10.0. The minimum atomic E-state index is -0.442. The lowest BCUT2D eigenvalue weighted by Gasteiger charge is -2.02. The Morgan fingerprint density at radius 2 is 1.95 bits per heavy atom. The molecule has 0 unspecified atom stereocenters. The van der Waals surface area contributed by atoms with Crippen molar-refractivity contribution in [2.24, 2.45) is 7.05 Å². The van der Waals surface area contributed by atoms with Crippen LogP contribution in [-0.4, -0.2) is 20.5 Å². The second-order valence-electron chi connectivity index (χ2n) is 4.64. The van der Waals surface area contributed by atoms with Crippen molar-refractivity contribution in [1.82, 2.24) is 14.8 Å². The van der Waals surface area contributed by atoms with Crippen molar-refractivity contribution in [3.8, 4) is 11.1 Å². The van der Waals surface area contributed by atoms with E-state index in [-0.39, 0.29) is 11.3 Å². The molecule has 0 bridgehead atoms. The molecular weight excluding hydrogens is 269 g/mol. The van der Waals surface area contributed by atoms with Crippen molar-refractivity contribution >= 4 is 5.78 Å². The van der Waals surface area contributed by atoms with Crippen molar-refractivity contribution in [1.29, 1.82) is 0 Å². The fourth-order valence-electron chi connectivity index (χ4n) is 2.17. The topological polar surface area (TPSA) is 47.8 Å². The standard InChI is InChI=1S/C16H12FN3O/c1-20-10-14(11-5-7-18-8-6-11)15(19-20)16(21)12-3-2-4-13(17)9-12/h2-10H,1H3. The monoisotopic (exact) mass is 281 g/mol. The quantitative estimate of drug-likeness (QED) is 0.694. The van der Waals surface area contributed by atoms with Gasteiger partial charge < -0.3 is 0 Å². The van der Waals surface area contributed by atoms with Crippen molar-refractivity contribution in [2.75, 3.05) is 0 Å². The molecule has 0 saturated carbocycles. The van der Waals surface area contributed by atoms with E-state index in [1.807, 2.05) is 0 Å². The van der Waals surface area contributed by atoms with Gasteiger partial charge >= 0.3 is 0 Å². The summed E-state index contributed by atoms with van der Waals surface area (Å²) in [5.74, 6) is -0.746. The number of carbonyl (C=O) groups excluding carboxylic acids is 1. The molecule has 5 heteroatoms. The van der Waals surface area contributed by atoms with E-state index in [1.54, 1.807) is 48.5 Å². The molecule has 104 valence electrons. The molecular formula is C16H12FN3O. The van der Waals surface area contributed by atoms with Gasteiger partial charge in [-0.25, -0.2) is 4.39 Å². The van der Waals surface area contributed by atoms with Gasteiger partial charge in [0.15, 0.2) is 0 Å². The van der Waals surface area contributed by atoms with Crippen LogP contribution in [0.15, 0.2) is 55.0 Å². The van der Waals surface area contributed by atoms with Crippen molar-refractivity contribution < 1.29 is 9.18 Å². The number of hydrogen-bond donors (Lipinski definition) is 0. The van der Waals surface area contributed by atoms with E-state index in [4.69, 9.17) is 0 Å². The fraction of sp³-hybridized carbons (Fsp3) is 0.0625. The van der Waals surface area contributed by atoms with Gasteiger partial charge in [0.1, 0.15) is 11.5 Å². The summed E-state index contributed by atoms with van der Waals surface area (Å²) in [6, 6.07) is 9.22. The molecule has 0 atom stereocenters. The number of ketones is 1. The van der Waals surface area contributed by atoms with E-state index < -0.39 is 5.82 Å². The number of nitrogens with zero attached hydrogens (tertiary/aromatic N) is 3. The van der Waals surface area contributed by atoms with E-state index in [1.165, 1.54) is 18.2 Å². The SMILES string of the molecule is Cn1cc(-c2ccncc2)c(C(=O)c2cccc(F)c2)n1. The van der Waals surface area contributed by atoms with Gasteiger partial charge in [-0.3, -0.25) is 14.5 Å². The zero-order chi connectivity index (χ0) is 14.8. The number of benzene rings is 1. The zero-order valence-electron chi connectivity index (χ0n) is 11.3. The molecule has 1 aromatic carbocycles. The maximum atomic E-state index is 13.3. The van der Waals surface area contributed by atoms with Gasteiger partial charge in [-0.2, -0.15) is 5.10 Å². The first-order valence-corrected chi connectivity index (χ1v) is 6.39. The van der Waals surface area contributed by atoms with Crippen LogP contribution in [0.1, 0.15) is 16.1 Å². The van der Waals surface area contributed by atoms with Crippen molar-refractivity contribution in [2.45, 2.75) is 0 Å². The van der Waals surface area contributed by atoms with Crippen LogP contribution < -0.4 is 0 Å². The Labute approximate surface area is 120 Å². The van der Waals surface area contributed by atoms with E-state index in [9.17, 15) is 9.18 Å². The van der Waals surface area contributed by atoms with Crippen LogP contribution in [0.25, 0.3) is 11.1 Å². The second kappa shape index (κ2) is 5.28. The van der Waals surface area contributed by atoms with Gasteiger partial charge in [-0.1, -0.05) is 12.1 Å². The number of pyridine rings is 1. The Hall–Kier alpha value is -2.82. The molecule has 0 aliphatic heterocycles. The van der Waals surface area contributed by atoms with Gasteiger partial charge in [-0.05, 0) is 29.8 Å².